The van der Waals surface area contributed by atoms with E-state index < -0.39 is 5.97 Å². The van der Waals surface area contributed by atoms with Crippen LogP contribution in [-0.4, -0.2) is 32.9 Å². The number of carboxylic acid groups (broad SMARTS) is 1. The maximum Gasteiger partial charge on any atom is 0.316 e. The lowest BCUT2D eigenvalue weighted by Gasteiger charge is -2.28. The highest BCUT2D eigenvalue weighted by Gasteiger charge is 2.26. The Morgan fingerprint density at radius 1 is 1.04 bits per heavy atom. The molecule has 2 N–H and O–H groups in total. The lowest BCUT2D eigenvalue weighted by atomic mass is 9.79. The largest absolute Gasteiger partial charge is 0.507 e. The van der Waals surface area contributed by atoms with Crippen molar-refractivity contribution in [1.29, 1.82) is 0 Å². The molecule has 136 valence electrons. The number of hydrogen-bond donors (Lipinski definition) is 2. The minimum atomic E-state index is -0.764. The molecule has 0 saturated carbocycles. The van der Waals surface area contributed by atoms with E-state index in [0.717, 1.165) is 27.5 Å². The fraction of sp³-hybridized carbons (Fsp3) is 0.632. The Hall–Kier alpha value is -0.810. The van der Waals surface area contributed by atoms with Crippen LogP contribution in [0.4, 0.5) is 0 Å². The summed E-state index contributed by atoms with van der Waals surface area (Å²) >= 11 is 3.18. The lowest BCUT2D eigenvalue weighted by Crippen LogP contribution is -2.17. The minimum absolute atomic E-state index is 0.132. The van der Waals surface area contributed by atoms with Crippen molar-refractivity contribution < 1.29 is 15.0 Å². The normalized spacial score (nSPS) is 13.8. The Labute approximate surface area is 154 Å². The molecule has 0 spiro atoms. The van der Waals surface area contributed by atoms with Gasteiger partial charge in [0.25, 0.3) is 0 Å². The lowest BCUT2D eigenvalue weighted by molar-refractivity contribution is -0.136. The van der Waals surface area contributed by atoms with Crippen molar-refractivity contribution in [2.45, 2.75) is 69.4 Å². The van der Waals surface area contributed by atoms with Gasteiger partial charge in [0.05, 0.1) is 5.25 Å². The van der Waals surface area contributed by atoms with Gasteiger partial charge in [-0.15, -0.1) is 23.5 Å². The summed E-state index contributed by atoms with van der Waals surface area (Å²) in [5.74, 6) is 1.27. The van der Waals surface area contributed by atoms with E-state index in [2.05, 4.69) is 53.7 Å². The van der Waals surface area contributed by atoms with E-state index in [0.29, 0.717) is 5.75 Å². The van der Waals surface area contributed by atoms with Crippen LogP contribution in [0.1, 0.15) is 59.6 Å². The van der Waals surface area contributed by atoms with E-state index in [4.69, 9.17) is 5.11 Å². The third-order valence-electron chi connectivity index (χ3n) is 3.77. The summed E-state index contributed by atoms with van der Waals surface area (Å²) in [5, 5.41) is 19.3. The number of rotatable bonds is 6. The second-order valence-corrected chi connectivity index (χ2v) is 10.7. The summed E-state index contributed by atoms with van der Waals surface area (Å²) in [5.41, 5.74) is 1.66. The third-order valence-corrected chi connectivity index (χ3v) is 6.14. The SMILES string of the molecule is CC(SCCSc1cc(C(C)(C)C)c(O)c(C(C)(C)C)c1)C(=O)O. The molecular formula is C19H30O3S2. The van der Waals surface area contributed by atoms with Gasteiger partial charge in [-0.05, 0) is 29.9 Å². The number of phenols is 1. The number of hydrogen-bond acceptors (Lipinski definition) is 4. The summed E-state index contributed by atoms with van der Waals surface area (Å²) in [6, 6.07) is 4.14. The number of phenolic OH excluding ortho intramolecular Hbond substituents is 1. The molecule has 0 fully saturated rings. The Kier molecular flexibility index (Phi) is 7.12. The van der Waals surface area contributed by atoms with Crippen LogP contribution in [-0.2, 0) is 15.6 Å². The van der Waals surface area contributed by atoms with Crippen LogP contribution in [0.15, 0.2) is 17.0 Å². The predicted molar refractivity (Wildman–Crippen MR) is 106 cm³/mol. The van der Waals surface area contributed by atoms with Crippen molar-refractivity contribution >= 4 is 29.5 Å². The summed E-state index contributed by atoms with van der Waals surface area (Å²) in [4.78, 5) is 12.0. The molecule has 1 aromatic rings. The van der Waals surface area contributed by atoms with Crippen molar-refractivity contribution in [3.05, 3.63) is 23.3 Å². The molecule has 1 atom stereocenters. The summed E-state index contributed by atoms with van der Waals surface area (Å²) in [6.45, 7) is 14.3. The first-order valence-electron chi connectivity index (χ1n) is 8.19. The van der Waals surface area contributed by atoms with Crippen LogP contribution in [0.5, 0.6) is 5.75 Å². The van der Waals surface area contributed by atoms with Crippen LogP contribution in [0.25, 0.3) is 0 Å². The molecule has 0 amide bonds. The zero-order valence-corrected chi connectivity index (χ0v) is 17.4. The van der Waals surface area contributed by atoms with E-state index in [1.807, 2.05) is 0 Å². The van der Waals surface area contributed by atoms with E-state index in [1.165, 1.54) is 11.8 Å². The number of carbonyl (C=O) groups is 1. The molecule has 1 rings (SSSR count). The van der Waals surface area contributed by atoms with Gasteiger partial charge in [-0.3, -0.25) is 4.79 Å². The van der Waals surface area contributed by atoms with Crippen LogP contribution >= 0.6 is 23.5 Å². The maximum atomic E-state index is 10.9. The minimum Gasteiger partial charge on any atom is -0.507 e. The molecule has 0 aromatic heterocycles. The van der Waals surface area contributed by atoms with E-state index >= 15 is 0 Å². The first-order valence-corrected chi connectivity index (χ1v) is 10.2. The molecule has 0 heterocycles. The van der Waals surface area contributed by atoms with Gasteiger partial charge in [0.2, 0.25) is 0 Å². The van der Waals surface area contributed by atoms with E-state index in [9.17, 15) is 9.90 Å². The average molecular weight is 371 g/mol. The first-order chi connectivity index (χ1) is 10.8. The number of aliphatic carboxylic acids is 1. The van der Waals surface area contributed by atoms with Crippen LogP contribution in [0, 0.1) is 0 Å². The summed E-state index contributed by atoms with van der Waals surface area (Å²) in [7, 11) is 0. The van der Waals surface area contributed by atoms with Gasteiger partial charge in [-0.25, -0.2) is 0 Å². The topological polar surface area (TPSA) is 57.5 Å². The predicted octanol–water partition coefficient (Wildman–Crippen LogP) is 5.29. The van der Waals surface area contributed by atoms with Crippen LogP contribution in [0.3, 0.4) is 0 Å². The van der Waals surface area contributed by atoms with Gasteiger partial charge in [0, 0.05) is 27.5 Å². The molecule has 1 aromatic carbocycles. The van der Waals surface area contributed by atoms with Gasteiger partial charge in [-0.2, -0.15) is 0 Å². The fourth-order valence-corrected chi connectivity index (χ4v) is 4.14. The van der Waals surface area contributed by atoms with E-state index in [-0.39, 0.29) is 16.1 Å². The first kappa shape index (κ1) is 21.2. The maximum absolute atomic E-state index is 10.9. The summed E-state index contributed by atoms with van der Waals surface area (Å²) < 4.78 is 0. The van der Waals surface area contributed by atoms with Crippen molar-refractivity contribution in [2.75, 3.05) is 11.5 Å². The van der Waals surface area contributed by atoms with Gasteiger partial charge >= 0.3 is 5.97 Å². The number of thioether (sulfide) groups is 2. The molecule has 0 saturated heterocycles. The third kappa shape index (κ3) is 5.92. The summed E-state index contributed by atoms with van der Waals surface area (Å²) in [6.07, 6.45) is 0. The molecule has 0 aliphatic rings. The second-order valence-electron chi connectivity index (χ2n) is 8.07. The van der Waals surface area contributed by atoms with Crippen LogP contribution < -0.4 is 0 Å². The molecule has 0 bridgehead atoms. The number of carboxylic acids is 1. The molecule has 0 aliphatic carbocycles. The Morgan fingerprint density at radius 3 is 1.88 bits per heavy atom. The number of benzene rings is 1. The molecule has 24 heavy (non-hydrogen) atoms. The van der Waals surface area contributed by atoms with Gasteiger partial charge in [-0.1, -0.05) is 41.5 Å². The molecule has 1 unspecified atom stereocenters. The molecule has 0 radical (unpaired) electrons. The Morgan fingerprint density at radius 2 is 1.50 bits per heavy atom. The zero-order valence-electron chi connectivity index (χ0n) is 15.8. The smallest absolute Gasteiger partial charge is 0.316 e. The molecule has 5 heteroatoms. The fourth-order valence-electron chi connectivity index (χ4n) is 2.29. The second kappa shape index (κ2) is 8.05. The highest BCUT2D eigenvalue weighted by atomic mass is 32.2. The standard InChI is InChI=1S/C19H30O3S2/c1-12(17(21)22)23-8-9-24-13-10-14(18(2,3)4)16(20)15(11-13)19(5,6)7/h10-12,20H,8-9H2,1-7H3,(H,21,22). The van der Waals surface area contributed by atoms with Crippen LogP contribution in [0.2, 0.25) is 0 Å². The highest BCUT2D eigenvalue weighted by molar-refractivity contribution is 8.03. The molecular weight excluding hydrogens is 340 g/mol. The van der Waals surface area contributed by atoms with Gasteiger partial charge in [0.1, 0.15) is 5.75 Å². The van der Waals surface area contributed by atoms with Crippen molar-refractivity contribution in [3.8, 4) is 5.75 Å². The Bertz CT molecular complexity index is 548. The quantitative estimate of drug-likeness (QED) is 0.526. The monoisotopic (exact) mass is 370 g/mol. The van der Waals surface area contributed by atoms with Crippen molar-refractivity contribution in [1.82, 2.24) is 0 Å². The van der Waals surface area contributed by atoms with Gasteiger partial charge in [0.15, 0.2) is 0 Å². The molecule has 3 nitrogen and oxygen atoms in total. The average Bonchev–Trinajstić information content (AvgIpc) is 2.41. The Balaban J connectivity index is 2.97. The van der Waals surface area contributed by atoms with Gasteiger partial charge < -0.3 is 10.2 Å². The highest BCUT2D eigenvalue weighted by Crippen LogP contribution is 2.41. The van der Waals surface area contributed by atoms with Crippen molar-refractivity contribution in [2.24, 2.45) is 0 Å². The van der Waals surface area contributed by atoms with Crippen molar-refractivity contribution in [3.63, 3.8) is 0 Å². The van der Waals surface area contributed by atoms with E-state index in [1.54, 1.807) is 18.7 Å². The zero-order chi connectivity index (χ0) is 18.7. The molecule has 0 aliphatic heterocycles. The number of aromatic hydroxyl groups is 1.